The topological polar surface area (TPSA) is 46.5 Å². The number of aromatic nitrogens is 1. The molecular formula is C27H33N3O2S. The summed E-state index contributed by atoms with van der Waals surface area (Å²) in [5, 5.41) is 4.51. The smallest absolute Gasteiger partial charge is 0.318 e. The lowest BCUT2D eigenvalue weighted by Crippen LogP contribution is -2.42. The highest BCUT2D eigenvalue weighted by atomic mass is 32.1. The number of fused-ring (bicyclic) bond motifs is 5. The van der Waals surface area contributed by atoms with Gasteiger partial charge in [0.25, 0.3) is 0 Å². The standard InChI is InChI=1S/C27H33N3O2S/c1-18(2)14-15-28-27(31)30-17-22-21-7-4-5-9-24(21)33-26(22)29-16-6-8-23(29)25(30)19-10-12-20(32-3)13-11-19/h6,8,10-13,16,18,25H,4-5,7,9,14-15,17H2,1-3H3,(H,28,31). The van der Waals surface area contributed by atoms with Crippen LogP contribution in [0.4, 0.5) is 4.79 Å². The van der Waals surface area contributed by atoms with E-state index < -0.39 is 0 Å². The summed E-state index contributed by atoms with van der Waals surface area (Å²) in [5.41, 5.74) is 5.05. The van der Waals surface area contributed by atoms with E-state index in [0.29, 0.717) is 19.0 Å². The number of aryl methyl sites for hydroxylation is 1. The molecule has 1 unspecified atom stereocenters. The second-order valence-corrected chi connectivity index (χ2v) is 10.6. The summed E-state index contributed by atoms with van der Waals surface area (Å²) in [5.74, 6) is 1.38. The maximum atomic E-state index is 13.7. The molecule has 2 amide bonds. The zero-order chi connectivity index (χ0) is 22.9. The lowest BCUT2D eigenvalue weighted by molar-refractivity contribution is 0.180. The Labute approximate surface area is 200 Å². The molecule has 2 aromatic heterocycles. The van der Waals surface area contributed by atoms with E-state index in [9.17, 15) is 4.79 Å². The molecule has 1 aromatic carbocycles. The van der Waals surface area contributed by atoms with Gasteiger partial charge in [-0.15, -0.1) is 11.3 Å². The molecule has 0 radical (unpaired) electrons. The molecule has 6 heteroatoms. The first-order valence-corrected chi connectivity index (χ1v) is 12.9. The van der Waals surface area contributed by atoms with Crippen LogP contribution in [0.5, 0.6) is 5.75 Å². The third kappa shape index (κ3) is 4.17. The summed E-state index contributed by atoms with van der Waals surface area (Å²) in [4.78, 5) is 17.2. The number of urea groups is 1. The molecule has 1 aliphatic heterocycles. The van der Waals surface area contributed by atoms with Crippen LogP contribution in [0.15, 0.2) is 42.6 Å². The number of nitrogens with one attached hydrogen (secondary N) is 1. The zero-order valence-electron chi connectivity index (χ0n) is 19.8. The highest BCUT2D eigenvalue weighted by molar-refractivity contribution is 7.15. The molecule has 174 valence electrons. The van der Waals surface area contributed by atoms with Gasteiger partial charge in [0.05, 0.1) is 25.4 Å². The van der Waals surface area contributed by atoms with Gasteiger partial charge < -0.3 is 19.5 Å². The quantitative estimate of drug-likeness (QED) is 0.498. The van der Waals surface area contributed by atoms with E-state index in [1.54, 1.807) is 7.11 Å². The Morgan fingerprint density at radius 1 is 1.15 bits per heavy atom. The van der Waals surface area contributed by atoms with Gasteiger partial charge in [0.15, 0.2) is 0 Å². The van der Waals surface area contributed by atoms with Gasteiger partial charge >= 0.3 is 6.03 Å². The van der Waals surface area contributed by atoms with Gasteiger partial charge in [-0.05, 0) is 73.4 Å². The van der Waals surface area contributed by atoms with E-state index in [2.05, 4.69) is 54.2 Å². The van der Waals surface area contributed by atoms with Crippen LogP contribution in [0.3, 0.4) is 0 Å². The van der Waals surface area contributed by atoms with E-state index in [1.807, 2.05) is 28.4 Å². The molecule has 0 fully saturated rings. The Balaban J connectivity index is 1.60. The van der Waals surface area contributed by atoms with Crippen LogP contribution in [-0.4, -0.2) is 29.2 Å². The van der Waals surface area contributed by atoms with Crippen molar-refractivity contribution in [3.63, 3.8) is 0 Å². The van der Waals surface area contributed by atoms with Crippen LogP contribution >= 0.6 is 11.3 Å². The van der Waals surface area contributed by atoms with Gasteiger partial charge in [-0.3, -0.25) is 0 Å². The number of carbonyl (C=O) groups is 1. The molecule has 0 saturated heterocycles. The van der Waals surface area contributed by atoms with Crippen molar-refractivity contribution in [1.82, 2.24) is 14.8 Å². The fourth-order valence-corrected chi connectivity index (χ4v) is 6.50. The molecule has 1 N–H and O–H groups in total. The van der Waals surface area contributed by atoms with E-state index >= 15 is 0 Å². The third-order valence-corrected chi connectivity index (χ3v) is 8.20. The molecule has 5 nitrogen and oxygen atoms in total. The minimum absolute atomic E-state index is 0.00725. The predicted molar refractivity (Wildman–Crippen MR) is 134 cm³/mol. The summed E-state index contributed by atoms with van der Waals surface area (Å²) in [6.45, 7) is 5.70. The Morgan fingerprint density at radius 3 is 2.70 bits per heavy atom. The van der Waals surface area contributed by atoms with Crippen LogP contribution in [0.2, 0.25) is 0 Å². The number of hydrogen-bond acceptors (Lipinski definition) is 3. The fourth-order valence-electron chi connectivity index (χ4n) is 5.09. The van der Waals surface area contributed by atoms with Gasteiger partial charge in [0, 0.05) is 23.2 Å². The molecular weight excluding hydrogens is 430 g/mol. The second kappa shape index (κ2) is 9.26. The number of methoxy groups -OCH3 is 1. The van der Waals surface area contributed by atoms with Crippen molar-refractivity contribution in [2.75, 3.05) is 13.7 Å². The Morgan fingerprint density at radius 2 is 1.94 bits per heavy atom. The maximum absolute atomic E-state index is 13.7. The van der Waals surface area contributed by atoms with Crippen LogP contribution in [0, 0.1) is 5.92 Å². The fraction of sp³-hybridized carbons (Fsp3) is 0.444. The number of amides is 2. The van der Waals surface area contributed by atoms with Crippen molar-refractivity contribution in [3.8, 4) is 10.8 Å². The molecule has 0 spiro atoms. The summed E-state index contributed by atoms with van der Waals surface area (Å²) in [6.07, 6.45) is 7.91. The van der Waals surface area contributed by atoms with Gasteiger partial charge in [0.2, 0.25) is 0 Å². The van der Waals surface area contributed by atoms with Gasteiger partial charge in [-0.2, -0.15) is 0 Å². The summed E-state index contributed by atoms with van der Waals surface area (Å²) in [7, 11) is 1.68. The lowest BCUT2D eigenvalue weighted by Gasteiger charge is -2.31. The van der Waals surface area contributed by atoms with Crippen molar-refractivity contribution in [1.29, 1.82) is 0 Å². The number of ether oxygens (including phenoxy) is 1. The number of thiophene rings is 1. The van der Waals surface area contributed by atoms with Crippen molar-refractivity contribution in [2.45, 2.75) is 58.5 Å². The van der Waals surface area contributed by atoms with E-state index in [0.717, 1.165) is 36.3 Å². The van der Waals surface area contributed by atoms with Crippen LogP contribution in [-0.2, 0) is 19.4 Å². The number of carbonyl (C=O) groups excluding carboxylic acids is 1. The minimum atomic E-state index is -0.163. The highest BCUT2D eigenvalue weighted by Gasteiger charge is 2.35. The normalized spacial score (nSPS) is 17.2. The van der Waals surface area contributed by atoms with Crippen molar-refractivity contribution in [3.05, 3.63) is 69.9 Å². The SMILES string of the molecule is COc1ccc(C2c3cccn3-c3sc4c(c3CN2C(=O)NCCC(C)C)CCCC4)cc1. The molecule has 3 aromatic rings. The van der Waals surface area contributed by atoms with Gasteiger partial charge in [-0.25, -0.2) is 4.79 Å². The average molecular weight is 464 g/mol. The first-order chi connectivity index (χ1) is 16.1. The van der Waals surface area contributed by atoms with E-state index in [1.165, 1.54) is 33.8 Å². The highest BCUT2D eigenvalue weighted by Crippen LogP contribution is 2.44. The summed E-state index contributed by atoms with van der Waals surface area (Å²) in [6, 6.07) is 12.3. The molecule has 1 atom stereocenters. The van der Waals surface area contributed by atoms with Gasteiger partial charge in [0.1, 0.15) is 10.8 Å². The minimum Gasteiger partial charge on any atom is -0.497 e. The average Bonchev–Trinajstić information content (AvgIpc) is 3.41. The van der Waals surface area contributed by atoms with Crippen LogP contribution < -0.4 is 10.1 Å². The van der Waals surface area contributed by atoms with Gasteiger partial charge in [-0.1, -0.05) is 26.0 Å². The zero-order valence-corrected chi connectivity index (χ0v) is 20.6. The molecule has 0 bridgehead atoms. The lowest BCUT2D eigenvalue weighted by atomic mass is 9.95. The Kier molecular flexibility index (Phi) is 6.19. The van der Waals surface area contributed by atoms with E-state index in [4.69, 9.17) is 4.74 Å². The molecule has 33 heavy (non-hydrogen) atoms. The first-order valence-electron chi connectivity index (χ1n) is 12.1. The monoisotopic (exact) mass is 463 g/mol. The van der Waals surface area contributed by atoms with Crippen LogP contribution in [0.25, 0.3) is 5.00 Å². The van der Waals surface area contributed by atoms with Crippen molar-refractivity contribution < 1.29 is 9.53 Å². The summed E-state index contributed by atoms with van der Waals surface area (Å²) < 4.78 is 7.72. The van der Waals surface area contributed by atoms with Crippen LogP contribution in [0.1, 0.15) is 66.4 Å². The third-order valence-electron chi connectivity index (χ3n) is 6.87. The molecule has 1 aliphatic carbocycles. The number of benzene rings is 1. The molecule has 0 saturated carbocycles. The number of nitrogens with zero attached hydrogens (tertiary/aromatic N) is 2. The number of rotatable bonds is 5. The Bertz CT molecular complexity index is 1130. The number of hydrogen-bond donors (Lipinski definition) is 1. The molecule has 3 heterocycles. The largest absolute Gasteiger partial charge is 0.497 e. The van der Waals surface area contributed by atoms with Crippen molar-refractivity contribution >= 4 is 17.4 Å². The second-order valence-electron chi connectivity index (χ2n) is 9.52. The maximum Gasteiger partial charge on any atom is 0.318 e. The molecule has 2 aliphatic rings. The van der Waals surface area contributed by atoms with E-state index in [-0.39, 0.29) is 12.1 Å². The Hall–Kier alpha value is -2.73. The van der Waals surface area contributed by atoms with Crippen molar-refractivity contribution in [2.24, 2.45) is 5.92 Å². The molecule has 5 rings (SSSR count). The summed E-state index contributed by atoms with van der Waals surface area (Å²) >= 11 is 1.92. The predicted octanol–water partition coefficient (Wildman–Crippen LogP) is 6.09. The first kappa shape index (κ1) is 22.1.